The second-order valence-electron chi connectivity index (χ2n) is 6.68. The first-order valence-electron chi connectivity index (χ1n) is 9.26. The second-order valence-corrected chi connectivity index (χ2v) is 8.63. The minimum absolute atomic E-state index is 0.0811. The molecule has 2 aromatic heterocycles. The molecule has 1 aromatic carbocycles. The molecule has 158 valence electrons. The van der Waals surface area contributed by atoms with Crippen LogP contribution in [0.3, 0.4) is 0 Å². The summed E-state index contributed by atoms with van der Waals surface area (Å²) in [5.74, 6) is -0.529. The number of ether oxygens (including phenoxy) is 3. The topological polar surface area (TPSA) is 92.5 Å². The normalized spacial score (nSPS) is 13.1. The lowest BCUT2D eigenvalue weighted by Crippen LogP contribution is -2.11. The zero-order valence-electron chi connectivity index (χ0n) is 16.2. The summed E-state index contributed by atoms with van der Waals surface area (Å²) in [6.45, 7) is 1.40. The smallest absolute Gasteiger partial charge is 0.222 e. The van der Waals surface area contributed by atoms with Crippen molar-refractivity contribution in [2.45, 2.75) is 17.2 Å². The fraction of sp³-hybridized carbons (Fsp3) is 0.300. The highest BCUT2D eigenvalue weighted by molar-refractivity contribution is 7.90. The molecule has 3 aromatic rings. The van der Waals surface area contributed by atoms with E-state index in [0.717, 1.165) is 17.8 Å². The maximum atomic E-state index is 13.8. The Bertz CT molecular complexity index is 1160. The molecule has 0 aliphatic carbocycles. The van der Waals surface area contributed by atoms with Gasteiger partial charge in [-0.3, -0.25) is 4.68 Å². The number of fused-ring (bicyclic) bond motifs is 3. The third-order valence-corrected chi connectivity index (χ3v) is 6.29. The van der Waals surface area contributed by atoms with Crippen LogP contribution in [-0.2, 0) is 26.9 Å². The number of pyridine rings is 1. The fourth-order valence-corrected chi connectivity index (χ4v) is 4.70. The molecule has 0 bridgehead atoms. The van der Waals surface area contributed by atoms with Crippen LogP contribution in [0.5, 0.6) is 11.6 Å². The van der Waals surface area contributed by atoms with Crippen molar-refractivity contribution in [2.75, 3.05) is 26.9 Å². The SMILES string of the molecule is COCCOc1ccc(F)cc1S(=O)(=O)Cc1cnc2c(c1)-c1ccnn1CCO2. The Labute approximate surface area is 173 Å². The van der Waals surface area contributed by atoms with Gasteiger partial charge in [0.1, 0.15) is 29.7 Å². The van der Waals surface area contributed by atoms with E-state index < -0.39 is 15.7 Å². The van der Waals surface area contributed by atoms with E-state index in [1.54, 1.807) is 16.9 Å². The van der Waals surface area contributed by atoms with Crippen LogP contribution >= 0.6 is 0 Å². The monoisotopic (exact) mass is 433 g/mol. The van der Waals surface area contributed by atoms with Crippen LogP contribution in [0, 0.1) is 5.82 Å². The Morgan fingerprint density at radius 2 is 2.10 bits per heavy atom. The molecule has 0 spiro atoms. The van der Waals surface area contributed by atoms with Crippen LogP contribution in [-0.4, -0.2) is 50.1 Å². The summed E-state index contributed by atoms with van der Waals surface area (Å²) in [6, 6.07) is 6.96. The number of rotatable bonds is 7. The standard InChI is InChI=1S/C20H20FN3O5S/c1-27-8-9-28-18-3-2-15(21)11-19(18)30(25,26)13-14-10-16-17-4-5-23-24(17)6-7-29-20(16)22-12-14/h2-5,10-12H,6-9,13H2,1H3. The van der Waals surface area contributed by atoms with Gasteiger partial charge in [0.25, 0.3) is 0 Å². The van der Waals surface area contributed by atoms with Gasteiger partial charge in [0.2, 0.25) is 5.88 Å². The summed E-state index contributed by atoms with van der Waals surface area (Å²) in [6.07, 6.45) is 3.12. The van der Waals surface area contributed by atoms with Crippen LogP contribution in [0.25, 0.3) is 11.3 Å². The number of methoxy groups -OCH3 is 1. The number of nitrogens with zero attached hydrogens (tertiary/aromatic N) is 3. The Hall–Kier alpha value is -2.98. The molecule has 10 heteroatoms. The predicted molar refractivity (Wildman–Crippen MR) is 106 cm³/mol. The highest BCUT2D eigenvalue weighted by Gasteiger charge is 2.24. The average molecular weight is 433 g/mol. The summed E-state index contributed by atoms with van der Waals surface area (Å²) in [5, 5.41) is 4.25. The van der Waals surface area contributed by atoms with Gasteiger partial charge in [-0.05, 0) is 35.9 Å². The molecule has 8 nitrogen and oxygen atoms in total. The Morgan fingerprint density at radius 3 is 2.93 bits per heavy atom. The van der Waals surface area contributed by atoms with Crippen molar-refractivity contribution in [1.82, 2.24) is 14.8 Å². The van der Waals surface area contributed by atoms with Crippen molar-refractivity contribution in [2.24, 2.45) is 0 Å². The first-order chi connectivity index (χ1) is 14.5. The fourth-order valence-electron chi connectivity index (χ4n) is 3.22. The molecule has 0 N–H and O–H groups in total. The lowest BCUT2D eigenvalue weighted by molar-refractivity contribution is 0.144. The molecule has 0 saturated carbocycles. The Kier molecular flexibility index (Phi) is 5.69. The van der Waals surface area contributed by atoms with Gasteiger partial charge in [-0.15, -0.1) is 0 Å². The molecule has 1 aliphatic rings. The largest absolute Gasteiger partial charge is 0.490 e. The number of hydrogen-bond donors (Lipinski definition) is 0. The van der Waals surface area contributed by atoms with E-state index in [2.05, 4.69) is 10.1 Å². The lowest BCUT2D eigenvalue weighted by Gasteiger charge is -2.13. The average Bonchev–Trinajstić information content (AvgIpc) is 3.11. The molecule has 0 atom stereocenters. The summed E-state index contributed by atoms with van der Waals surface area (Å²) in [4.78, 5) is 4.07. The highest BCUT2D eigenvalue weighted by atomic mass is 32.2. The van der Waals surface area contributed by atoms with Gasteiger partial charge in [0, 0.05) is 19.5 Å². The van der Waals surface area contributed by atoms with E-state index in [0.29, 0.717) is 30.2 Å². The summed E-state index contributed by atoms with van der Waals surface area (Å²) in [7, 11) is -2.41. The zero-order valence-corrected chi connectivity index (χ0v) is 17.1. The van der Waals surface area contributed by atoms with Crippen molar-refractivity contribution in [3.05, 3.63) is 54.1 Å². The van der Waals surface area contributed by atoms with Crippen LogP contribution in [0.2, 0.25) is 0 Å². The van der Waals surface area contributed by atoms with Crippen LogP contribution < -0.4 is 9.47 Å². The molecule has 0 amide bonds. The van der Waals surface area contributed by atoms with Crippen LogP contribution in [0.4, 0.5) is 4.39 Å². The molecule has 4 rings (SSSR count). The van der Waals surface area contributed by atoms with Gasteiger partial charge in [-0.25, -0.2) is 17.8 Å². The van der Waals surface area contributed by atoms with E-state index in [-0.39, 0.29) is 29.6 Å². The predicted octanol–water partition coefficient (Wildman–Crippen LogP) is 2.48. The highest BCUT2D eigenvalue weighted by Crippen LogP contribution is 2.33. The maximum absolute atomic E-state index is 13.8. The summed E-state index contributed by atoms with van der Waals surface area (Å²) >= 11 is 0. The van der Waals surface area contributed by atoms with E-state index in [9.17, 15) is 12.8 Å². The molecule has 30 heavy (non-hydrogen) atoms. The van der Waals surface area contributed by atoms with Gasteiger partial charge in [0.05, 0.1) is 30.2 Å². The molecule has 0 fully saturated rings. The number of aromatic nitrogens is 3. The number of benzene rings is 1. The van der Waals surface area contributed by atoms with Gasteiger partial charge < -0.3 is 14.2 Å². The first-order valence-corrected chi connectivity index (χ1v) is 10.9. The molecule has 0 radical (unpaired) electrons. The zero-order chi connectivity index (χ0) is 21.1. The quantitative estimate of drug-likeness (QED) is 0.529. The van der Waals surface area contributed by atoms with Gasteiger partial charge in [0.15, 0.2) is 9.84 Å². The number of hydrogen-bond acceptors (Lipinski definition) is 7. The van der Waals surface area contributed by atoms with Gasteiger partial charge in [-0.1, -0.05) is 0 Å². The van der Waals surface area contributed by atoms with Crippen molar-refractivity contribution >= 4 is 9.84 Å². The minimum Gasteiger partial charge on any atom is -0.490 e. The van der Waals surface area contributed by atoms with E-state index in [4.69, 9.17) is 14.2 Å². The molecular weight excluding hydrogens is 413 g/mol. The van der Waals surface area contributed by atoms with Crippen molar-refractivity contribution in [3.8, 4) is 22.9 Å². The molecule has 0 unspecified atom stereocenters. The van der Waals surface area contributed by atoms with Crippen LogP contribution in [0.1, 0.15) is 5.56 Å². The third-order valence-electron chi connectivity index (χ3n) is 4.58. The van der Waals surface area contributed by atoms with Crippen LogP contribution in [0.15, 0.2) is 47.6 Å². The lowest BCUT2D eigenvalue weighted by atomic mass is 10.1. The van der Waals surface area contributed by atoms with Gasteiger partial charge in [-0.2, -0.15) is 5.10 Å². The maximum Gasteiger partial charge on any atom is 0.222 e. The van der Waals surface area contributed by atoms with Gasteiger partial charge >= 0.3 is 0 Å². The molecular formula is C20H20FN3O5S. The van der Waals surface area contributed by atoms with E-state index >= 15 is 0 Å². The Morgan fingerprint density at radius 1 is 1.23 bits per heavy atom. The Balaban J connectivity index is 1.67. The number of sulfone groups is 1. The van der Waals surface area contributed by atoms with Crippen molar-refractivity contribution < 1.29 is 27.0 Å². The van der Waals surface area contributed by atoms with E-state index in [1.807, 2.05) is 6.07 Å². The van der Waals surface area contributed by atoms with E-state index in [1.165, 1.54) is 19.4 Å². The molecule has 3 heterocycles. The summed E-state index contributed by atoms with van der Waals surface area (Å²) < 4.78 is 57.8. The molecule has 0 saturated heterocycles. The van der Waals surface area contributed by atoms with Crippen molar-refractivity contribution in [1.29, 1.82) is 0 Å². The third kappa shape index (κ3) is 4.14. The first kappa shape index (κ1) is 20.3. The minimum atomic E-state index is -3.91. The van der Waals surface area contributed by atoms with Crippen molar-refractivity contribution in [3.63, 3.8) is 0 Å². The molecule has 1 aliphatic heterocycles. The summed E-state index contributed by atoms with van der Waals surface area (Å²) in [5.41, 5.74) is 1.90. The number of halogens is 1. The second kappa shape index (κ2) is 8.41.